The largest absolute Gasteiger partial charge is 0.399 e. The van der Waals surface area contributed by atoms with Crippen molar-refractivity contribution in [3.8, 4) is 0 Å². The minimum absolute atomic E-state index is 0.0859. The van der Waals surface area contributed by atoms with Crippen LogP contribution in [0.15, 0.2) is 24.3 Å². The summed E-state index contributed by atoms with van der Waals surface area (Å²) in [5.41, 5.74) is 7.55. The molecule has 0 aliphatic carbocycles. The van der Waals surface area contributed by atoms with Crippen LogP contribution in [0.2, 0.25) is 0 Å². The second-order valence-electron chi connectivity index (χ2n) is 5.06. The number of hydrogen-bond donors (Lipinski definition) is 1. The van der Waals surface area contributed by atoms with Gasteiger partial charge in [-0.1, -0.05) is 19.1 Å². The maximum atomic E-state index is 12.3. The van der Waals surface area contributed by atoms with Crippen molar-refractivity contribution in [3.05, 3.63) is 29.8 Å². The van der Waals surface area contributed by atoms with Gasteiger partial charge in [-0.05, 0) is 24.6 Å². The molecule has 1 aromatic carbocycles. The van der Waals surface area contributed by atoms with E-state index in [1.54, 1.807) is 18.7 Å². The fourth-order valence-corrected chi connectivity index (χ4v) is 5.61. The van der Waals surface area contributed by atoms with Crippen LogP contribution in [0.1, 0.15) is 25.5 Å². The van der Waals surface area contributed by atoms with Gasteiger partial charge in [0.05, 0.1) is 0 Å². The minimum Gasteiger partial charge on any atom is -0.399 e. The Kier molecular flexibility index (Phi) is 4.99. The van der Waals surface area contributed by atoms with Gasteiger partial charge >= 0.3 is 0 Å². The van der Waals surface area contributed by atoms with E-state index in [9.17, 15) is 8.42 Å². The maximum Gasteiger partial charge on any atom is 0.166 e. The first-order valence-corrected chi connectivity index (χ1v) is 9.73. The summed E-state index contributed by atoms with van der Waals surface area (Å²) in [6.07, 6.45) is 0. The topological polar surface area (TPSA) is 63.4 Å². The van der Waals surface area contributed by atoms with Crippen LogP contribution in [0.4, 0.5) is 5.69 Å². The molecule has 1 saturated heterocycles. The predicted octanol–water partition coefficient (Wildman–Crippen LogP) is 2.14. The highest BCUT2D eigenvalue weighted by atomic mass is 32.2. The molecule has 6 heteroatoms. The molecule has 2 N–H and O–H groups in total. The number of rotatable bonds is 4. The zero-order chi connectivity index (χ0) is 14.8. The number of sulfone groups is 1. The van der Waals surface area contributed by atoms with Crippen LogP contribution >= 0.6 is 11.8 Å². The lowest BCUT2D eigenvalue weighted by Crippen LogP contribution is -2.48. The van der Waals surface area contributed by atoms with E-state index in [1.165, 1.54) is 0 Å². The van der Waals surface area contributed by atoms with Gasteiger partial charge in [-0.15, -0.1) is 0 Å². The maximum absolute atomic E-state index is 12.3. The minimum atomic E-state index is -3.05. The summed E-state index contributed by atoms with van der Waals surface area (Å²) < 4.78 is 24.6. The highest BCUT2D eigenvalue weighted by Gasteiger charge is 2.35. The number of anilines is 1. The fourth-order valence-electron chi connectivity index (χ4n) is 2.51. The Balaban J connectivity index is 2.25. The number of nitrogens with two attached hydrogens (primary N) is 1. The number of nitrogens with zero attached hydrogens (tertiary/aromatic N) is 1. The average molecular weight is 314 g/mol. The highest BCUT2D eigenvalue weighted by molar-refractivity contribution is 8.01. The van der Waals surface area contributed by atoms with Crippen molar-refractivity contribution in [2.45, 2.75) is 25.3 Å². The van der Waals surface area contributed by atoms with Gasteiger partial charge in [0, 0.05) is 35.5 Å². The van der Waals surface area contributed by atoms with Crippen molar-refractivity contribution >= 4 is 27.3 Å². The lowest BCUT2D eigenvalue weighted by molar-refractivity contribution is 0.206. The van der Waals surface area contributed by atoms with E-state index in [1.807, 2.05) is 24.3 Å². The van der Waals surface area contributed by atoms with Crippen molar-refractivity contribution in [2.24, 2.45) is 0 Å². The zero-order valence-electron chi connectivity index (χ0n) is 12.0. The summed E-state index contributed by atoms with van der Waals surface area (Å²) in [6.45, 7) is 4.60. The van der Waals surface area contributed by atoms with E-state index in [-0.39, 0.29) is 17.2 Å². The normalized spacial score (nSPS) is 22.6. The molecule has 2 unspecified atom stereocenters. The standard InChI is InChI=1S/C14H22N2O2S2/c1-3-20(17,18)14-10-19-9-8-16(14)11(2)12-4-6-13(15)7-5-12/h4-7,11,14H,3,8-10,15H2,1-2H3. The van der Waals surface area contributed by atoms with Crippen molar-refractivity contribution in [2.75, 3.05) is 29.5 Å². The molecule has 0 bridgehead atoms. The Hall–Kier alpha value is -0.720. The van der Waals surface area contributed by atoms with Crippen LogP contribution in [-0.4, -0.2) is 42.5 Å². The van der Waals surface area contributed by atoms with E-state index < -0.39 is 9.84 Å². The first-order valence-electron chi connectivity index (χ1n) is 6.86. The fraction of sp³-hybridized carbons (Fsp3) is 0.571. The summed E-state index contributed by atoms with van der Waals surface area (Å²) in [4.78, 5) is 2.11. The van der Waals surface area contributed by atoms with Crippen molar-refractivity contribution in [3.63, 3.8) is 0 Å². The summed E-state index contributed by atoms with van der Waals surface area (Å²) in [5, 5.41) is -0.376. The van der Waals surface area contributed by atoms with Crippen LogP contribution in [0.5, 0.6) is 0 Å². The van der Waals surface area contributed by atoms with Crippen LogP contribution in [0.3, 0.4) is 0 Å². The molecule has 1 aliphatic heterocycles. The molecular formula is C14H22N2O2S2. The number of benzene rings is 1. The van der Waals surface area contributed by atoms with Crippen LogP contribution < -0.4 is 5.73 Å². The molecule has 0 spiro atoms. The molecule has 1 aliphatic rings. The lowest BCUT2D eigenvalue weighted by Gasteiger charge is -2.39. The smallest absolute Gasteiger partial charge is 0.166 e. The molecule has 0 radical (unpaired) electrons. The average Bonchev–Trinajstić information content (AvgIpc) is 2.47. The number of nitrogen functional groups attached to an aromatic ring is 1. The van der Waals surface area contributed by atoms with E-state index in [0.717, 1.165) is 23.5 Å². The molecule has 1 heterocycles. The third kappa shape index (κ3) is 3.30. The quantitative estimate of drug-likeness (QED) is 0.863. The predicted molar refractivity (Wildman–Crippen MR) is 86.5 cm³/mol. The molecule has 0 aromatic heterocycles. The van der Waals surface area contributed by atoms with E-state index in [2.05, 4.69) is 11.8 Å². The lowest BCUT2D eigenvalue weighted by atomic mass is 10.1. The zero-order valence-corrected chi connectivity index (χ0v) is 13.6. The second-order valence-corrected chi connectivity index (χ2v) is 8.66. The molecule has 20 heavy (non-hydrogen) atoms. The van der Waals surface area contributed by atoms with Gasteiger partial charge in [0.1, 0.15) is 5.37 Å². The van der Waals surface area contributed by atoms with Crippen molar-refractivity contribution < 1.29 is 8.42 Å². The van der Waals surface area contributed by atoms with Crippen molar-refractivity contribution in [1.82, 2.24) is 4.90 Å². The molecule has 0 amide bonds. The first-order chi connectivity index (χ1) is 9.45. The van der Waals surface area contributed by atoms with Gasteiger partial charge in [0.25, 0.3) is 0 Å². The molecule has 1 aromatic rings. The Morgan fingerprint density at radius 3 is 2.65 bits per heavy atom. The first kappa shape index (κ1) is 15.7. The van der Waals surface area contributed by atoms with Crippen LogP contribution in [0.25, 0.3) is 0 Å². The summed E-state index contributed by atoms with van der Waals surface area (Å²) >= 11 is 1.72. The summed E-state index contributed by atoms with van der Waals surface area (Å²) in [7, 11) is -3.05. The van der Waals surface area contributed by atoms with Gasteiger partial charge in [-0.25, -0.2) is 8.42 Å². The third-order valence-corrected chi connectivity index (χ3v) is 7.16. The molecule has 112 valence electrons. The van der Waals surface area contributed by atoms with Gasteiger partial charge in [0.2, 0.25) is 0 Å². The molecule has 2 rings (SSSR count). The van der Waals surface area contributed by atoms with Gasteiger partial charge in [-0.2, -0.15) is 11.8 Å². The van der Waals surface area contributed by atoms with Crippen LogP contribution in [-0.2, 0) is 9.84 Å². The van der Waals surface area contributed by atoms with E-state index in [4.69, 9.17) is 5.73 Å². The second kappa shape index (κ2) is 6.37. The van der Waals surface area contributed by atoms with Crippen LogP contribution in [0, 0.1) is 0 Å². The Morgan fingerprint density at radius 2 is 2.05 bits per heavy atom. The molecule has 0 saturated carbocycles. The summed E-state index contributed by atoms with van der Waals surface area (Å²) in [5.74, 6) is 1.84. The molecular weight excluding hydrogens is 292 g/mol. The van der Waals surface area contributed by atoms with Gasteiger partial charge < -0.3 is 5.73 Å². The summed E-state index contributed by atoms with van der Waals surface area (Å²) in [6, 6.07) is 7.79. The number of thioether (sulfide) groups is 1. The SMILES string of the molecule is CCS(=O)(=O)C1CSCCN1C(C)c1ccc(N)cc1. The monoisotopic (exact) mass is 314 g/mol. The number of hydrogen-bond acceptors (Lipinski definition) is 5. The third-order valence-electron chi connectivity index (χ3n) is 3.86. The van der Waals surface area contributed by atoms with Crippen molar-refractivity contribution in [1.29, 1.82) is 0 Å². The van der Waals surface area contributed by atoms with E-state index in [0.29, 0.717) is 5.75 Å². The Morgan fingerprint density at radius 1 is 1.40 bits per heavy atom. The molecule has 1 fully saturated rings. The van der Waals surface area contributed by atoms with E-state index >= 15 is 0 Å². The molecule has 2 atom stereocenters. The Bertz CT molecular complexity index is 543. The van der Waals surface area contributed by atoms with Gasteiger partial charge in [-0.3, -0.25) is 4.90 Å². The highest BCUT2D eigenvalue weighted by Crippen LogP contribution is 2.30. The van der Waals surface area contributed by atoms with Gasteiger partial charge in [0.15, 0.2) is 9.84 Å². The Labute approximate surface area is 125 Å². The molecule has 4 nitrogen and oxygen atoms in total.